The van der Waals surface area contributed by atoms with Crippen molar-refractivity contribution < 1.29 is 4.79 Å². The molecule has 0 aromatic carbocycles. The molecule has 0 aliphatic carbocycles. The molecule has 1 rings (SSSR count). The summed E-state index contributed by atoms with van der Waals surface area (Å²) in [5.74, 6) is -0.322. The van der Waals surface area contributed by atoms with Gasteiger partial charge in [-0.3, -0.25) is 9.48 Å². The molecular weight excluding hydrogens is 178 g/mol. The molecule has 0 bridgehead atoms. The van der Waals surface area contributed by atoms with Crippen LogP contribution in [0.3, 0.4) is 0 Å². The SMILES string of the molecule is CC(C)n1cc(C=CCC(N)=O)cn1. The smallest absolute Gasteiger partial charge is 0.221 e. The second-order valence-corrected chi connectivity index (χ2v) is 3.42. The standard InChI is InChI=1S/C10H15N3O/c1-8(2)13-7-9(6-12-13)4-3-5-10(11)14/h3-4,6-8H,5H2,1-2H3,(H2,11,14). The molecule has 1 heterocycles. The summed E-state index contributed by atoms with van der Waals surface area (Å²) < 4.78 is 1.87. The van der Waals surface area contributed by atoms with Gasteiger partial charge in [0.25, 0.3) is 0 Å². The predicted octanol–water partition coefficient (Wildman–Crippen LogP) is 1.35. The maximum absolute atomic E-state index is 10.5. The lowest BCUT2D eigenvalue weighted by molar-refractivity contribution is -0.117. The molecule has 0 saturated heterocycles. The Hall–Kier alpha value is -1.58. The van der Waals surface area contributed by atoms with Gasteiger partial charge in [-0.15, -0.1) is 0 Å². The van der Waals surface area contributed by atoms with Gasteiger partial charge in [-0.25, -0.2) is 0 Å². The van der Waals surface area contributed by atoms with Gasteiger partial charge in [0.2, 0.25) is 5.91 Å². The first-order valence-electron chi connectivity index (χ1n) is 4.58. The highest BCUT2D eigenvalue weighted by molar-refractivity contribution is 5.76. The molecule has 0 aliphatic heterocycles. The molecule has 4 nitrogen and oxygen atoms in total. The van der Waals surface area contributed by atoms with E-state index in [9.17, 15) is 4.79 Å². The Morgan fingerprint density at radius 3 is 2.93 bits per heavy atom. The fourth-order valence-corrected chi connectivity index (χ4v) is 1.03. The molecular formula is C10H15N3O. The number of carbonyl (C=O) groups excluding carboxylic acids is 1. The molecule has 1 amide bonds. The molecule has 0 spiro atoms. The molecule has 0 fully saturated rings. The first kappa shape index (κ1) is 10.5. The highest BCUT2D eigenvalue weighted by Gasteiger charge is 1.98. The first-order chi connectivity index (χ1) is 6.59. The normalized spacial score (nSPS) is 11.4. The Bertz CT molecular complexity index is 339. The van der Waals surface area contributed by atoms with E-state index in [0.717, 1.165) is 5.56 Å². The van der Waals surface area contributed by atoms with Crippen LogP contribution in [0.1, 0.15) is 31.9 Å². The van der Waals surface area contributed by atoms with Crippen LogP contribution in [-0.2, 0) is 4.79 Å². The largest absolute Gasteiger partial charge is 0.369 e. The third-order valence-corrected chi connectivity index (χ3v) is 1.78. The Morgan fingerprint density at radius 2 is 2.43 bits per heavy atom. The fraction of sp³-hybridized carbons (Fsp3) is 0.400. The van der Waals surface area contributed by atoms with Gasteiger partial charge in [-0.1, -0.05) is 12.2 Å². The summed E-state index contributed by atoms with van der Waals surface area (Å²) in [6, 6.07) is 0.355. The first-order valence-corrected chi connectivity index (χ1v) is 4.58. The summed E-state index contributed by atoms with van der Waals surface area (Å²) in [4.78, 5) is 10.5. The van der Waals surface area contributed by atoms with Crippen LogP contribution in [0.2, 0.25) is 0 Å². The zero-order chi connectivity index (χ0) is 10.6. The quantitative estimate of drug-likeness (QED) is 0.784. The van der Waals surface area contributed by atoms with E-state index in [0.29, 0.717) is 6.04 Å². The van der Waals surface area contributed by atoms with Crippen LogP contribution < -0.4 is 5.73 Å². The van der Waals surface area contributed by atoms with Crippen LogP contribution in [0.5, 0.6) is 0 Å². The van der Waals surface area contributed by atoms with Crippen molar-refractivity contribution in [3.05, 3.63) is 24.0 Å². The molecule has 4 heteroatoms. The van der Waals surface area contributed by atoms with Crippen molar-refractivity contribution in [2.45, 2.75) is 26.3 Å². The molecule has 2 N–H and O–H groups in total. The Kier molecular flexibility index (Phi) is 3.45. The van der Waals surface area contributed by atoms with Gasteiger partial charge in [0.05, 0.1) is 6.20 Å². The number of amides is 1. The van der Waals surface area contributed by atoms with E-state index in [2.05, 4.69) is 18.9 Å². The minimum absolute atomic E-state index is 0.271. The second kappa shape index (κ2) is 4.60. The molecule has 0 unspecified atom stereocenters. The van der Waals surface area contributed by atoms with Crippen LogP contribution in [-0.4, -0.2) is 15.7 Å². The summed E-state index contributed by atoms with van der Waals surface area (Å²) >= 11 is 0. The molecule has 0 atom stereocenters. The maximum Gasteiger partial charge on any atom is 0.221 e. The van der Waals surface area contributed by atoms with Crippen LogP contribution in [0.15, 0.2) is 18.5 Å². The molecule has 76 valence electrons. The third kappa shape index (κ3) is 3.05. The van der Waals surface area contributed by atoms with E-state index >= 15 is 0 Å². The molecule has 0 saturated carbocycles. The number of carbonyl (C=O) groups is 1. The number of nitrogens with zero attached hydrogens (tertiary/aromatic N) is 2. The van der Waals surface area contributed by atoms with Gasteiger partial charge in [0.15, 0.2) is 0 Å². The number of rotatable bonds is 4. The minimum Gasteiger partial charge on any atom is -0.369 e. The van der Waals surface area contributed by atoms with E-state index in [1.54, 1.807) is 12.3 Å². The molecule has 1 aromatic rings. The maximum atomic E-state index is 10.5. The summed E-state index contributed by atoms with van der Waals surface area (Å²) in [6.45, 7) is 4.12. The van der Waals surface area contributed by atoms with Crippen molar-refractivity contribution in [3.63, 3.8) is 0 Å². The average molecular weight is 193 g/mol. The van der Waals surface area contributed by atoms with Gasteiger partial charge >= 0.3 is 0 Å². The molecule has 0 radical (unpaired) electrons. The Balaban J connectivity index is 2.59. The highest BCUT2D eigenvalue weighted by atomic mass is 16.1. The number of nitrogens with two attached hydrogens (primary N) is 1. The van der Waals surface area contributed by atoms with Gasteiger partial charge in [-0.05, 0) is 13.8 Å². The van der Waals surface area contributed by atoms with Crippen LogP contribution in [0.4, 0.5) is 0 Å². The van der Waals surface area contributed by atoms with E-state index < -0.39 is 0 Å². The van der Waals surface area contributed by atoms with Crippen LogP contribution in [0, 0.1) is 0 Å². The van der Waals surface area contributed by atoms with E-state index in [1.165, 1.54) is 0 Å². The third-order valence-electron chi connectivity index (χ3n) is 1.78. The Morgan fingerprint density at radius 1 is 1.71 bits per heavy atom. The zero-order valence-electron chi connectivity index (χ0n) is 8.47. The van der Waals surface area contributed by atoms with E-state index in [1.807, 2.05) is 17.0 Å². The zero-order valence-corrected chi connectivity index (χ0v) is 8.47. The van der Waals surface area contributed by atoms with Crippen molar-refractivity contribution in [2.24, 2.45) is 5.73 Å². The Labute approximate surface area is 83.4 Å². The van der Waals surface area contributed by atoms with Crippen molar-refractivity contribution >= 4 is 12.0 Å². The number of hydrogen-bond donors (Lipinski definition) is 1. The van der Waals surface area contributed by atoms with Gasteiger partial charge in [0.1, 0.15) is 0 Å². The fourth-order valence-electron chi connectivity index (χ4n) is 1.03. The lowest BCUT2D eigenvalue weighted by Crippen LogP contribution is -2.07. The summed E-state index contributed by atoms with van der Waals surface area (Å²) in [7, 11) is 0. The predicted molar refractivity (Wildman–Crippen MR) is 55.5 cm³/mol. The van der Waals surface area contributed by atoms with Gasteiger partial charge < -0.3 is 5.73 Å². The highest BCUT2D eigenvalue weighted by Crippen LogP contribution is 2.06. The van der Waals surface area contributed by atoms with Crippen molar-refractivity contribution in [1.82, 2.24) is 9.78 Å². The molecule has 14 heavy (non-hydrogen) atoms. The number of hydrogen-bond acceptors (Lipinski definition) is 2. The summed E-state index contributed by atoms with van der Waals surface area (Å²) in [6.07, 6.45) is 7.55. The topological polar surface area (TPSA) is 60.9 Å². The number of aromatic nitrogens is 2. The average Bonchev–Trinajstić information content (AvgIpc) is 2.52. The molecule has 0 aliphatic rings. The van der Waals surface area contributed by atoms with E-state index in [4.69, 9.17) is 5.73 Å². The van der Waals surface area contributed by atoms with Crippen molar-refractivity contribution in [2.75, 3.05) is 0 Å². The minimum atomic E-state index is -0.322. The van der Waals surface area contributed by atoms with Crippen molar-refractivity contribution in [3.8, 4) is 0 Å². The van der Waals surface area contributed by atoms with E-state index in [-0.39, 0.29) is 12.3 Å². The summed E-state index contributed by atoms with van der Waals surface area (Å²) in [5.41, 5.74) is 5.99. The lowest BCUT2D eigenvalue weighted by atomic mass is 10.3. The summed E-state index contributed by atoms with van der Waals surface area (Å²) in [5, 5.41) is 4.16. The second-order valence-electron chi connectivity index (χ2n) is 3.42. The molecule has 1 aromatic heterocycles. The van der Waals surface area contributed by atoms with Gasteiger partial charge in [0, 0.05) is 24.2 Å². The lowest BCUT2D eigenvalue weighted by Gasteiger charge is -2.02. The number of primary amides is 1. The van der Waals surface area contributed by atoms with Crippen LogP contribution in [0.25, 0.3) is 6.08 Å². The van der Waals surface area contributed by atoms with Crippen LogP contribution >= 0.6 is 0 Å². The van der Waals surface area contributed by atoms with Gasteiger partial charge in [-0.2, -0.15) is 5.10 Å². The van der Waals surface area contributed by atoms with Crippen molar-refractivity contribution in [1.29, 1.82) is 0 Å². The monoisotopic (exact) mass is 193 g/mol.